The largest absolute Gasteiger partial charge is 0.490 e. The summed E-state index contributed by atoms with van der Waals surface area (Å²) in [6, 6.07) is 15.5. The lowest BCUT2D eigenvalue weighted by Crippen LogP contribution is -2.15. The molecule has 0 saturated heterocycles. The molecule has 0 unspecified atom stereocenters. The van der Waals surface area contributed by atoms with Crippen molar-refractivity contribution in [2.75, 3.05) is 26.0 Å². The fourth-order valence-corrected chi connectivity index (χ4v) is 3.19. The molecular formula is C22H28N2O2. The van der Waals surface area contributed by atoms with Gasteiger partial charge in [0, 0.05) is 17.8 Å². The molecule has 0 heterocycles. The number of carbonyl (C=O) groups is 1. The van der Waals surface area contributed by atoms with E-state index in [-0.39, 0.29) is 5.91 Å². The summed E-state index contributed by atoms with van der Waals surface area (Å²) in [5, 5.41) is 2.95. The van der Waals surface area contributed by atoms with E-state index in [0.717, 1.165) is 37.2 Å². The lowest BCUT2D eigenvalue weighted by Gasteiger charge is -2.13. The maximum Gasteiger partial charge on any atom is 0.255 e. The fraction of sp³-hybridized carbons (Fsp3) is 0.409. The van der Waals surface area contributed by atoms with Crippen LogP contribution in [0, 0.1) is 0 Å². The number of anilines is 1. The number of rotatable bonds is 7. The van der Waals surface area contributed by atoms with Crippen LogP contribution in [0.3, 0.4) is 0 Å². The molecule has 0 spiro atoms. The third kappa shape index (κ3) is 5.33. The van der Waals surface area contributed by atoms with Crippen molar-refractivity contribution in [1.29, 1.82) is 0 Å². The normalized spacial score (nSPS) is 14.6. The van der Waals surface area contributed by atoms with Crippen LogP contribution in [0.2, 0.25) is 0 Å². The first-order valence-electron chi connectivity index (χ1n) is 9.42. The van der Waals surface area contributed by atoms with E-state index < -0.39 is 0 Å². The summed E-state index contributed by atoms with van der Waals surface area (Å²) < 4.78 is 5.95. The van der Waals surface area contributed by atoms with Crippen LogP contribution in [-0.4, -0.2) is 37.6 Å². The molecule has 138 valence electrons. The molecule has 0 radical (unpaired) electrons. The number of likely N-dealkylation sites (N-methyl/N-ethyl adjacent to an activating group) is 1. The predicted octanol–water partition coefficient (Wildman–Crippen LogP) is 4.36. The molecule has 1 saturated carbocycles. The molecule has 1 N–H and O–H groups in total. The smallest absolute Gasteiger partial charge is 0.255 e. The molecule has 0 bridgehead atoms. The molecule has 4 nitrogen and oxygen atoms in total. The van der Waals surface area contributed by atoms with Crippen molar-refractivity contribution < 1.29 is 9.53 Å². The number of nitrogens with one attached hydrogen (secondary N) is 1. The summed E-state index contributed by atoms with van der Waals surface area (Å²) in [5.74, 6) is 0.747. The Morgan fingerprint density at radius 2 is 1.69 bits per heavy atom. The highest BCUT2D eigenvalue weighted by Crippen LogP contribution is 2.24. The number of carbonyl (C=O) groups excluding carboxylic acids is 1. The zero-order chi connectivity index (χ0) is 18.4. The summed E-state index contributed by atoms with van der Waals surface area (Å²) >= 11 is 0. The first-order chi connectivity index (χ1) is 12.6. The highest BCUT2D eigenvalue weighted by molar-refractivity contribution is 6.04. The molecule has 1 aliphatic rings. The molecule has 4 heteroatoms. The number of nitrogens with zero attached hydrogens (tertiary/aromatic N) is 1. The summed E-state index contributed by atoms with van der Waals surface area (Å²) in [6.45, 7) is 1.01. The van der Waals surface area contributed by atoms with Gasteiger partial charge in [-0.15, -0.1) is 0 Å². The molecule has 2 aromatic rings. The van der Waals surface area contributed by atoms with Crippen LogP contribution in [0.5, 0.6) is 5.75 Å². The first-order valence-corrected chi connectivity index (χ1v) is 9.42. The Morgan fingerprint density at radius 1 is 1.04 bits per heavy atom. The van der Waals surface area contributed by atoms with Gasteiger partial charge in [-0.05, 0) is 88.2 Å². The van der Waals surface area contributed by atoms with Gasteiger partial charge in [0.15, 0.2) is 0 Å². The van der Waals surface area contributed by atoms with E-state index in [9.17, 15) is 4.79 Å². The van der Waals surface area contributed by atoms with E-state index in [4.69, 9.17) is 4.74 Å². The lowest BCUT2D eigenvalue weighted by atomic mass is 10.1. The third-order valence-electron chi connectivity index (χ3n) is 4.78. The molecule has 1 fully saturated rings. The topological polar surface area (TPSA) is 41.6 Å². The predicted molar refractivity (Wildman–Crippen MR) is 106 cm³/mol. The Hall–Kier alpha value is -2.33. The van der Waals surface area contributed by atoms with Gasteiger partial charge in [0.05, 0.1) is 6.10 Å². The van der Waals surface area contributed by atoms with Gasteiger partial charge in [-0.25, -0.2) is 0 Å². The summed E-state index contributed by atoms with van der Waals surface area (Å²) in [4.78, 5) is 14.6. The first kappa shape index (κ1) is 18.5. The molecule has 0 aromatic heterocycles. The average molecular weight is 352 g/mol. The van der Waals surface area contributed by atoms with Crippen molar-refractivity contribution in [2.24, 2.45) is 0 Å². The number of ether oxygens (including phenoxy) is 1. The van der Waals surface area contributed by atoms with Crippen LogP contribution in [-0.2, 0) is 6.42 Å². The third-order valence-corrected chi connectivity index (χ3v) is 4.78. The monoisotopic (exact) mass is 352 g/mol. The molecule has 1 amide bonds. The Kier molecular flexibility index (Phi) is 6.29. The molecule has 2 aromatic carbocycles. The van der Waals surface area contributed by atoms with Crippen molar-refractivity contribution in [3.05, 3.63) is 59.7 Å². The number of hydrogen-bond donors (Lipinski definition) is 1. The quantitative estimate of drug-likeness (QED) is 0.805. The second-order valence-corrected chi connectivity index (χ2v) is 7.25. The van der Waals surface area contributed by atoms with Gasteiger partial charge >= 0.3 is 0 Å². The van der Waals surface area contributed by atoms with Crippen molar-refractivity contribution in [3.8, 4) is 5.75 Å². The highest BCUT2D eigenvalue weighted by Gasteiger charge is 2.16. The average Bonchev–Trinajstić information content (AvgIpc) is 3.14. The lowest BCUT2D eigenvalue weighted by molar-refractivity contribution is 0.102. The Labute approximate surface area is 156 Å². The second kappa shape index (κ2) is 8.86. The van der Waals surface area contributed by atoms with Gasteiger partial charge in [0.2, 0.25) is 0 Å². The highest BCUT2D eigenvalue weighted by atomic mass is 16.5. The summed E-state index contributed by atoms with van der Waals surface area (Å²) in [7, 11) is 4.14. The Balaban J connectivity index is 1.53. The van der Waals surface area contributed by atoms with E-state index in [1.807, 2.05) is 36.4 Å². The second-order valence-electron chi connectivity index (χ2n) is 7.25. The van der Waals surface area contributed by atoms with Crippen molar-refractivity contribution >= 4 is 11.6 Å². The van der Waals surface area contributed by atoms with Gasteiger partial charge in [-0.3, -0.25) is 4.79 Å². The maximum atomic E-state index is 12.4. The minimum atomic E-state index is -0.0987. The SMILES string of the molecule is CN(C)CCc1ccc(NC(=O)c2ccc(OC3CCCC3)cc2)cc1. The van der Waals surface area contributed by atoms with Gasteiger partial charge < -0.3 is 15.0 Å². The molecular weight excluding hydrogens is 324 g/mol. The Morgan fingerprint density at radius 3 is 2.31 bits per heavy atom. The zero-order valence-corrected chi connectivity index (χ0v) is 15.7. The van der Waals surface area contributed by atoms with Crippen LogP contribution in [0.1, 0.15) is 41.6 Å². The molecule has 0 aliphatic heterocycles. The van der Waals surface area contributed by atoms with Crippen molar-refractivity contribution in [2.45, 2.75) is 38.2 Å². The van der Waals surface area contributed by atoms with Crippen LogP contribution in [0.25, 0.3) is 0 Å². The summed E-state index contributed by atoms with van der Waals surface area (Å²) in [6.07, 6.45) is 6.10. The standard InChI is InChI=1S/C22H28N2O2/c1-24(2)16-15-17-7-11-19(12-8-17)23-22(25)18-9-13-21(14-10-18)26-20-5-3-4-6-20/h7-14,20H,3-6,15-16H2,1-2H3,(H,23,25). The molecule has 26 heavy (non-hydrogen) atoms. The number of hydrogen-bond acceptors (Lipinski definition) is 3. The van der Waals surface area contributed by atoms with Crippen molar-refractivity contribution in [3.63, 3.8) is 0 Å². The van der Waals surface area contributed by atoms with E-state index in [0.29, 0.717) is 11.7 Å². The minimum absolute atomic E-state index is 0.0987. The van der Waals surface area contributed by atoms with E-state index in [1.165, 1.54) is 18.4 Å². The number of amides is 1. The summed E-state index contributed by atoms with van der Waals surface area (Å²) in [5.41, 5.74) is 2.72. The van der Waals surface area contributed by atoms with Crippen molar-refractivity contribution in [1.82, 2.24) is 4.90 Å². The fourth-order valence-electron chi connectivity index (χ4n) is 3.19. The van der Waals surface area contributed by atoms with Crippen LogP contribution < -0.4 is 10.1 Å². The van der Waals surface area contributed by atoms with E-state index in [2.05, 4.69) is 36.4 Å². The van der Waals surface area contributed by atoms with E-state index in [1.54, 1.807) is 0 Å². The van der Waals surface area contributed by atoms with Gasteiger partial charge in [0.1, 0.15) is 5.75 Å². The zero-order valence-electron chi connectivity index (χ0n) is 15.7. The van der Waals surface area contributed by atoms with Gasteiger partial charge in [-0.1, -0.05) is 12.1 Å². The number of benzene rings is 2. The van der Waals surface area contributed by atoms with Crippen LogP contribution >= 0.6 is 0 Å². The maximum absolute atomic E-state index is 12.4. The molecule has 0 atom stereocenters. The van der Waals surface area contributed by atoms with Crippen LogP contribution in [0.15, 0.2) is 48.5 Å². The van der Waals surface area contributed by atoms with E-state index >= 15 is 0 Å². The van der Waals surface area contributed by atoms with Gasteiger partial charge in [-0.2, -0.15) is 0 Å². The minimum Gasteiger partial charge on any atom is -0.490 e. The molecule has 1 aliphatic carbocycles. The Bertz CT molecular complexity index is 702. The van der Waals surface area contributed by atoms with Crippen LogP contribution in [0.4, 0.5) is 5.69 Å². The molecule has 3 rings (SSSR count). The van der Waals surface area contributed by atoms with Gasteiger partial charge in [0.25, 0.3) is 5.91 Å².